The summed E-state index contributed by atoms with van der Waals surface area (Å²) >= 11 is 0. The van der Waals surface area contributed by atoms with Gasteiger partial charge in [0.2, 0.25) is 0 Å². The second kappa shape index (κ2) is 6.18. The van der Waals surface area contributed by atoms with Gasteiger partial charge in [0.05, 0.1) is 0 Å². The molecule has 0 aromatic heterocycles. The van der Waals surface area contributed by atoms with Crippen LogP contribution < -0.4 is 0 Å². The van der Waals surface area contributed by atoms with Crippen molar-refractivity contribution in [3.8, 4) is 0 Å². The van der Waals surface area contributed by atoms with Crippen LogP contribution in [0.3, 0.4) is 0 Å². The Kier molecular flexibility index (Phi) is 4.88. The zero-order valence-electron chi connectivity index (χ0n) is 10.3. The molecular weight excluding hydrogens is 216 g/mol. The molecule has 17 heavy (non-hydrogen) atoms. The molecule has 0 saturated carbocycles. The molecule has 0 heterocycles. The summed E-state index contributed by atoms with van der Waals surface area (Å²) in [4.78, 5) is 21.4. The van der Waals surface area contributed by atoms with Crippen LogP contribution in [0.1, 0.15) is 32.3 Å². The third-order valence-corrected chi connectivity index (χ3v) is 2.88. The molecule has 0 spiro atoms. The molecule has 1 aromatic rings. The van der Waals surface area contributed by atoms with Gasteiger partial charge in [0.15, 0.2) is 0 Å². The van der Waals surface area contributed by atoms with Gasteiger partial charge in [-0.05, 0) is 12.0 Å². The van der Waals surface area contributed by atoms with E-state index < -0.39 is 0 Å². The number of hydrogen-bond donors (Lipinski definition) is 0. The standard InChI is InChI=1S/C14H18O3/c1-12(16)17-11-14(2,9-6-10-15)13-7-4-3-5-8-13/h3-5,7-8,10H,6,9,11H2,1-2H3. The van der Waals surface area contributed by atoms with Crippen molar-refractivity contribution in [3.63, 3.8) is 0 Å². The highest BCUT2D eigenvalue weighted by molar-refractivity contribution is 5.66. The Labute approximate surface area is 102 Å². The van der Waals surface area contributed by atoms with Crippen molar-refractivity contribution in [3.05, 3.63) is 35.9 Å². The lowest BCUT2D eigenvalue weighted by Crippen LogP contribution is -2.29. The summed E-state index contributed by atoms with van der Waals surface area (Å²) in [6.45, 7) is 3.71. The highest BCUT2D eigenvalue weighted by Crippen LogP contribution is 2.29. The maximum absolute atomic E-state index is 10.9. The van der Waals surface area contributed by atoms with Crippen molar-refractivity contribution < 1.29 is 14.3 Å². The Hall–Kier alpha value is -1.64. The van der Waals surface area contributed by atoms with Crippen molar-refractivity contribution in [2.45, 2.75) is 32.1 Å². The number of carbonyl (C=O) groups is 2. The van der Waals surface area contributed by atoms with Crippen molar-refractivity contribution in [2.24, 2.45) is 0 Å². The summed E-state index contributed by atoms with van der Waals surface area (Å²) in [7, 11) is 0. The van der Waals surface area contributed by atoms with E-state index in [2.05, 4.69) is 0 Å². The van der Waals surface area contributed by atoms with Gasteiger partial charge in [-0.1, -0.05) is 37.3 Å². The summed E-state index contributed by atoms with van der Waals surface area (Å²) in [6.07, 6.45) is 2.04. The van der Waals surface area contributed by atoms with Crippen LogP contribution in [0.25, 0.3) is 0 Å². The molecule has 92 valence electrons. The van der Waals surface area contributed by atoms with Crippen LogP contribution in [0.4, 0.5) is 0 Å². The molecular formula is C14H18O3. The molecule has 0 N–H and O–H groups in total. The second-order valence-electron chi connectivity index (χ2n) is 4.41. The van der Waals surface area contributed by atoms with Crippen molar-refractivity contribution in [1.29, 1.82) is 0 Å². The van der Waals surface area contributed by atoms with Gasteiger partial charge < -0.3 is 9.53 Å². The molecule has 0 amide bonds. The van der Waals surface area contributed by atoms with E-state index in [0.717, 1.165) is 11.8 Å². The molecule has 3 heteroatoms. The summed E-state index contributed by atoms with van der Waals surface area (Å²) in [6, 6.07) is 9.82. The monoisotopic (exact) mass is 234 g/mol. The van der Waals surface area contributed by atoms with Crippen LogP contribution in [0, 0.1) is 0 Å². The Morgan fingerprint density at radius 3 is 2.53 bits per heavy atom. The van der Waals surface area contributed by atoms with Gasteiger partial charge in [-0.3, -0.25) is 4.79 Å². The largest absolute Gasteiger partial charge is 0.465 e. The molecule has 1 unspecified atom stereocenters. The molecule has 0 aliphatic heterocycles. The number of carbonyl (C=O) groups excluding carboxylic acids is 2. The minimum Gasteiger partial charge on any atom is -0.465 e. The topological polar surface area (TPSA) is 43.4 Å². The van der Waals surface area contributed by atoms with Crippen molar-refractivity contribution >= 4 is 12.3 Å². The minimum atomic E-state index is -0.298. The zero-order chi connectivity index (χ0) is 12.7. The fraction of sp³-hybridized carbons (Fsp3) is 0.429. The third-order valence-electron chi connectivity index (χ3n) is 2.88. The average molecular weight is 234 g/mol. The van der Waals surface area contributed by atoms with Crippen LogP contribution in [-0.4, -0.2) is 18.9 Å². The molecule has 0 aliphatic carbocycles. The molecule has 1 aromatic carbocycles. The van der Waals surface area contributed by atoms with E-state index in [1.807, 2.05) is 37.3 Å². The summed E-state index contributed by atoms with van der Waals surface area (Å²) < 4.78 is 5.10. The Morgan fingerprint density at radius 2 is 2.00 bits per heavy atom. The highest BCUT2D eigenvalue weighted by Gasteiger charge is 2.27. The number of benzene rings is 1. The van der Waals surface area contributed by atoms with Gasteiger partial charge in [-0.15, -0.1) is 0 Å². The van der Waals surface area contributed by atoms with Gasteiger partial charge in [-0.25, -0.2) is 0 Å². The molecule has 0 saturated heterocycles. The quantitative estimate of drug-likeness (QED) is 0.561. The first-order valence-corrected chi connectivity index (χ1v) is 5.71. The normalized spacial score (nSPS) is 13.8. The van der Waals surface area contributed by atoms with Crippen LogP contribution in [0.15, 0.2) is 30.3 Å². The first-order valence-electron chi connectivity index (χ1n) is 5.71. The minimum absolute atomic E-state index is 0.293. The molecule has 0 radical (unpaired) electrons. The fourth-order valence-corrected chi connectivity index (χ4v) is 1.78. The van der Waals surface area contributed by atoms with E-state index in [1.54, 1.807) is 0 Å². The average Bonchev–Trinajstić information content (AvgIpc) is 2.35. The van der Waals surface area contributed by atoms with Crippen LogP contribution >= 0.6 is 0 Å². The van der Waals surface area contributed by atoms with Gasteiger partial charge in [0.25, 0.3) is 0 Å². The molecule has 0 aliphatic rings. The SMILES string of the molecule is CC(=O)OCC(C)(CCC=O)c1ccccc1. The van der Waals surface area contributed by atoms with Crippen molar-refractivity contribution in [1.82, 2.24) is 0 Å². The van der Waals surface area contributed by atoms with Gasteiger partial charge in [-0.2, -0.15) is 0 Å². The first-order chi connectivity index (χ1) is 8.08. The summed E-state index contributed by atoms with van der Waals surface area (Å²) in [5.41, 5.74) is 0.788. The fourth-order valence-electron chi connectivity index (χ4n) is 1.78. The number of hydrogen-bond acceptors (Lipinski definition) is 3. The molecule has 1 atom stereocenters. The van der Waals surface area contributed by atoms with Gasteiger partial charge >= 0.3 is 5.97 Å². The Morgan fingerprint density at radius 1 is 1.35 bits per heavy atom. The maximum atomic E-state index is 10.9. The van der Waals surface area contributed by atoms with Crippen molar-refractivity contribution in [2.75, 3.05) is 6.61 Å². The molecule has 3 nitrogen and oxygen atoms in total. The smallest absolute Gasteiger partial charge is 0.302 e. The highest BCUT2D eigenvalue weighted by atomic mass is 16.5. The van der Waals surface area contributed by atoms with E-state index in [-0.39, 0.29) is 11.4 Å². The van der Waals surface area contributed by atoms with E-state index in [0.29, 0.717) is 19.4 Å². The first kappa shape index (κ1) is 13.4. The van der Waals surface area contributed by atoms with E-state index in [1.165, 1.54) is 6.92 Å². The summed E-state index contributed by atoms with van der Waals surface area (Å²) in [5, 5.41) is 0. The predicted octanol–water partition coefficient (Wildman–Crippen LogP) is 2.49. The van der Waals surface area contributed by atoms with Gasteiger partial charge in [0, 0.05) is 18.8 Å². The second-order valence-corrected chi connectivity index (χ2v) is 4.41. The van der Waals surface area contributed by atoms with E-state index >= 15 is 0 Å². The predicted molar refractivity (Wildman–Crippen MR) is 65.7 cm³/mol. The molecule has 0 fully saturated rings. The zero-order valence-corrected chi connectivity index (χ0v) is 10.3. The third kappa shape index (κ3) is 4.02. The number of aldehydes is 1. The number of esters is 1. The van der Waals surface area contributed by atoms with Crippen LogP contribution in [0.2, 0.25) is 0 Å². The summed E-state index contributed by atoms with van der Waals surface area (Å²) in [5.74, 6) is -0.293. The van der Waals surface area contributed by atoms with Crippen LogP contribution in [0.5, 0.6) is 0 Å². The lowest BCUT2D eigenvalue weighted by Gasteiger charge is -2.28. The number of rotatable bonds is 6. The lowest BCUT2D eigenvalue weighted by molar-refractivity contribution is -0.142. The Bertz CT molecular complexity index is 372. The Balaban J connectivity index is 2.84. The van der Waals surface area contributed by atoms with E-state index in [4.69, 9.17) is 4.74 Å². The molecule has 1 rings (SSSR count). The van der Waals surface area contributed by atoms with Gasteiger partial charge in [0.1, 0.15) is 12.9 Å². The molecule has 0 bridgehead atoms. The lowest BCUT2D eigenvalue weighted by atomic mass is 9.79. The maximum Gasteiger partial charge on any atom is 0.302 e. The van der Waals surface area contributed by atoms with Crippen LogP contribution in [-0.2, 0) is 19.7 Å². The number of ether oxygens (including phenoxy) is 1. The van der Waals surface area contributed by atoms with E-state index in [9.17, 15) is 9.59 Å².